The number of hydrogen-bond acceptors (Lipinski definition) is 4. The summed E-state index contributed by atoms with van der Waals surface area (Å²) in [7, 11) is 0. The van der Waals surface area contributed by atoms with Crippen molar-refractivity contribution in [1.82, 2.24) is 4.72 Å². The van der Waals surface area contributed by atoms with Gasteiger partial charge in [0.2, 0.25) is 0 Å². The molecule has 1 fully saturated rings. The van der Waals surface area contributed by atoms with E-state index in [4.69, 9.17) is 4.74 Å². The average Bonchev–Trinajstić information content (AvgIpc) is 3.37. The van der Waals surface area contributed by atoms with Crippen LogP contribution in [0.5, 0.6) is 11.5 Å². The van der Waals surface area contributed by atoms with Gasteiger partial charge >= 0.3 is 0 Å². The molecule has 1 heterocycles. The van der Waals surface area contributed by atoms with Crippen LogP contribution >= 0.6 is 11.9 Å². The van der Waals surface area contributed by atoms with Gasteiger partial charge in [0, 0.05) is 24.5 Å². The molecule has 3 nitrogen and oxygen atoms in total. The normalized spacial score (nSPS) is 17.7. The maximum absolute atomic E-state index is 5.95. The van der Waals surface area contributed by atoms with Gasteiger partial charge in [-0.1, -0.05) is 18.2 Å². The molecule has 1 N–H and O–H groups in total. The summed E-state index contributed by atoms with van der Waals surface area (Å²) in [6.45, 7) is 3.28. The Morgan fingerprint density at radius 3 is 2.77 bits per heavy atom. The van der Waals surface area contributed by atoms with Gasteiger partial charge in [-0.05, 0) is 61.0 Å². The summed E-state index contributed by atoms with van der Waals surface area (Å²) in [5, 5.41) is 0. The molecular formula is C18H20N2OS. The van der Waals surface area contributed by atoms with E-state index in [2.05, 4.69) is 27.8 Å². The number of nitrogens with one attached hydrogen (secondary N) is 1. The Hall–Kier alpha value is -1.65. The van der Waals surface area contributed by atoms with Crippen LogP contribution in [0.3, 0.4) is 0 Å². The van der Waals surface area contributed by atoms with Crippen molar-refractivity contribution in [2.75, 3.05) is 24.5 Å². The standard InChI is InChI=1S/C18H20N2OS/c1-2-4-15(5-3-1)21-16-8-9-17-18(12-16)22-19-10-11-20(17)13-14-6-7-14/h1-5,8-9,12,14,19H,6-7,10-11,13H2. The molecule has 0 radical (unpaired) electrons. The number of rotatable bonds is 4. The van der Waals surface area contributed by atoms with E-state index in [9.17, 15) is 0 Å². The van der Waals surface area contributed by atoms with E-state index >= 15 is 0 Å². The number of para-hydroxylation sites is 1. The number of fused-ring (bicyclic) bond motifs is 1. The largest absolute Gasteiger partial charge is 0.457 e. The number of anilines is 1. The van der Waals surface area contributed by atoms with Crippen LogP contribution in [0.4, 0.5) is 5.69 Å². The Labute approximate surface area is 135 Å². The summed E-state index contributed by atoms with van der Waals surface area (Å²) in [5.74, 6) is 2.67. The lowest BCUT2D eigenvalue weighted by Gasteiger charge is -2.24. The van der Waals surface area contributed by atoms with Crippen LogP contribution in [0, 0.1) is 5.92 Å². The zero-order valence-corrected chi connectivity index (χ0v) is 13.3. The molecule has 0 atom stereocenters. The third kappa shape index (κ3) is 3.23. The Kier molecular flexibility index (Phi) is 3.95. The molecule has 0 unspecified atom stereocenters. The van der Waals surface area contributed by atoms with E-state index in [-0.39, 0.29) is 0 Å². The first-order valence-electron chi connectivity index (χ1n) is 7.90. The first kappa shape index (κ1) is 14.0. The van der Waals surface area contributed by atoms with Gasteiger partial charge in [0.1, 0.15) is 11.5 Å². The van der Waals surface area contributed by atoms with Crippen LogP contribution < -0.4 is 14.4 Å². The lowest BCUT2D eigenvalue weighted by Crippen LogP contribution is -2.30. The highest BCUT2D eigenvalue weighted by Crippen LogP contribution is 2.38. The lowest BCUT2D eigenvalue weighted by molar-refractivity contribution is 0.481. The summed E-state index contributed by atoms with van der Waals surface area (Å²) in [6, 6.07) is 16.4. The molecule has 1 saturated carbocycles. The minimum Gasteiger partial charge on any atom is -0.457 e. The monoisotopic (exact) mass is 312 g/mol. The second-order valence-electron chi connectivity index (χ2n) is 5.93. The van der Waals surface area contributed by atoms with Gasteiger partial charge in [-0.15, -0.1) is 0 Å². The third-order valence-electron chi connectivity index (χ3n) is 4.09. The molecule has 0 spiro atoms. The molecule has 2 aromatic rings. The van der Waals surface area contributed by atoms with Crippen molar-refractivity contribution in [3.05, 3.63) is 48.5 Å². The van der Waals surface area contributed by atoms with Crippen molar-refractivity contribution in [1.29, 1.82) is 0 Å². The summed E-state index contributed by atoms with van der Waals surface area (Å²) in [6.07, 6.45) is 2.78. The summed E-state index contributed by atoms with van der Waals surface area (Å²) < 4.78 is 9.39. The van der Waals surface area contributed by atoms with E-state index in [1.807, 2.05) is 30.3 Å². The van der Waals surface area contributed by atoms with Crippen LogP contribution in [0.25, 0.3) is 0 Å². The lowest BCUT2D eigenvalue weighted by atomic mass is 10.2. The number of hydrogen-bond donors (Lipinski definition) is 1. The van der Waals surface area contributed by atoms with Crippen molar-refractivity contribution >= 4 is 17.6 Å². The Bertz CT molecular complexity index is 643. The molecule has 0 bridgehead atoms. The van der Waals surface area contributed by atoms with Gasteiger partial charge in [0.05, 0.1) is 5.69 Å². The van der Waals surface area contributed by atoms with E-state index in [0.717, 1.165) is 30.5 Å². The molecule has 2 aliphatic rings. The van der Waals surface area contributed by atoms with Crippen molar-refractivity contribution < 1.29 is 4.74 Å². The number of ether oxygens (including phenoxy) is 1. The molecular weight excluding hydrogens is 292 g/mol. The predicted octanol–water partition coefficient (Wildman–Crippen LogP) is 4.31. The topological polar surface area (TPSA) is 24.5 Å². The highest BCUT2D eigenvalue weighted by atomic mass is 32.2. The van der Waals surface area contributed by atoms with Crippen LogP contribution in [0.1, 0.15) is 12.8 Å². The molecule has 0 saturated heterocycles. The van der Waals surface area contributed by atoms with Gasteiger partial charge in [-0.2, -0.15) is 0 Å². The van der Waals surface area contributed by atoms with Crippen molar-refractivity contribution in [2.45, 2.75) is 17.7 Å². The van der Waals surface area contributed by atoms with Crippen LogP contribution in [0.2, 0.25) is 0 Å². The average molecular weight is 312 g/mol. The molecule has 22 heavy (non-hydrogen) atoms. The number of benzene rings is 2. The molecule has 4 heteroatoms. The second-order valence-corrected chi connectivity index (χ2v) is 6.86. The van der Waals surface area contributed by atoms with Crippen molar-refractivity contribution in [3.8, 4) is 11.5 Å². The van der Waals surface area contributed by atoms with Crippen LogP contribution in [-0.4, -0.2) is 19.6 Å². The maximum Gasteiger partial charge on any atom is 0.128 e. The molecule has 0 aromatic heterocycles. The molecule has 114 valence electrons. The minimum absolute atomic E-state index is 0.879. The predicted molar refractivity (Wildman–Crippen MR) is 91.8 cm³/mol. The molecule has 1 aliphatic carbocycles. The second kappa shape index (κ2) is 6.23. The van der Waals surface area contributed by atoms with Gasteiger partial charge in [-0.3, -0.25) is 4.72 Å². The fourth-order valence-electron chi connectivity index (χ4n) is 2.76. The van der Waals surface area contributed by atoms with Gasteiger partial charge in [-0.25, -0.2) is 0 Å². The molecule has 2 aromatic carbocycles. The Morgan fingerprint density at radius 2 is 1.95 bits per heavy atom. The Morgan fingerprint density at radius 1 is 1.09 bits per heavy atom. The zero-order valence-electron chi connectivity index (χ0n) is 12.5. The molecule has 4 rings (SSSR count). The SMILES string of the molecule is c1ccc(Oc2ccc3c(c2)SNCCN3CC2CC2)cc1. The maximum atomic E-state index is 5.95. The van der Waals surface area contributed by atoms with E-state index in [0.29, 0.717) is 0 Å². The van der Waals surface area contributed by atoms with Crippen LogP contribution in [-0.2, 0) is 0 Å². The van der Waals surface area contributed by atoms with Gasteiger partial charge < -0.3 is 9.64 Å². The molecule has 1 aliphatic heterocycles. The fraction of sp³-hybridized carbons (Fsp3) is 0.333. The first-order chi connectivity index (χ1) is 10.9. The highest BCUT2D eigenvalue weighted by molar-refractivity contribution is 7.97. The first-order valence-corrected chi connectivity index (χ1v) is 8.72. The summed E-state index contributed by atoms with van der Waals surface area (Å²) >= 11 is 1.71. The highest BCUT2D eigenvalue weighted by Gasteiger charge is 2.26. The number of nitrogens with zero attached hydrogens (tertiary/aromatic N) is 1. The van der Waals surface area contributed by atoms with Gasteiger partial charge in [0.25, 0.3) is 0 Å². The fourth-order valence-corrected chi connectivity index (χ4v) is 3.58. The quantitative estimate of drug-likeness (QED) is 0.851. The summed E-state index contributed by atoms with van der Waals surface area (Å²) in [4.78, 5) is 3.78. The third-order valence-corrected chi connectivity index (χ3v) is 4.99. The van der Waals surface area contributed by atoms with Crippen LogP contribution in [0.15, 0.2) is 53.4 Å². The van der Waals surface area contributed by atoms with Gasteiger partial charge in [0.15, 0.2) is 0 Å². The smallest absolute Gasteiger partial charge is 0.128 e. The van der Waals surface area contributed by atoms with E-state index in [1.54, 1.807) is 11.9 Å². The van der Waals surface area contributed by atoms with Crippen molar-refractivity contribution in [3.63, 3.8) is 0 Å². The van der Waals surface area contributed by atoms with Crippen molar-refractivity contribution in [2.24, 2.45) is 5.92 Å². The Balaban J connectivity index is 1.57. The summed E-state index contributed by atoms with van der Waals surface area (Å²) in [5.41, 5.74) is 1.34. The van der Waals surface area contributed by atoms with E-state index in [1.165, 1.54) is 30.0 Å². The minimum atomic E-state index is 0.879. The van der Waals surface area contributed by atoms with E-state index < -0.39 is 0 Å². The zero-order chi connectivity index (χ0) is 14.8. The molecule has 0 amide bonds.